The van der Waals surface area contributed by atoms with Crippen LogP contribution in [0.5, 0.6) is 0 Å². The number of carbonyl (C=O) groups is 5. The van der Waals surface area contributed by atoms with Gasteiger partial charge in [-0.05, 0) is 102 Å². The van der Waals surface area contributed by atoms with Gasteiger partial charge in [0.25, 0.3) is 5.91 Å². The maximum atomic E-state index is 14.7. The lowest BCUT2D eigenvalue weighted by molar-refractivity contribution is -0.141. The third-order valence-electron chi connectivity index (χ3n) is 12.5. The summed E-state index contributed by atoms with van der Waals surface area (Å²) in [6.45, 7) is 7.79. The van der Waals surface area contributed by atoms with Crippen LogP contribution in [0.15, 0.2) is 42.5 Å². The SMILES string of the molecule is CC(C)(C)OC(=O)N(CC(=O)N1CCCC(c2cccc(C(=O)N[C@@H](C(=O)N3CCC(OC4CCN(CC(=O)O)CC4)CC3)C3CCCCC3)c2)C1)Cc1ccc(F)cc1F. The highest BCUT2D eigenvalue weighted by atomic mass is 19.1. The second-order valence-electron chi connectivity index (χ2n) is 18.3. The molecule has 0 spiro atoms. The first-order chi connectivity index (χ1) is 29.1. The summed E-state index contributed by atoms with van der Waals surface area (Å²) in [6, 6.07) is 9.80. The second-order valence-corrected chi connectivity index (χ2v) is 18.3. The van der Waals surface area contributed by atoms with E-state index in [1.54, 1.807) is 31.7 Å². The van der Waals surface area contributed by atoms with Crippen LogP contribution in [0.3, 0.4) is 0 Å². The average Bonchev–Trinajstić information content (AvgIpc) is 3.23. The first-order valence-corrected chi connectivity index (χ1v) is 22.1. The molecule has 0 aromatic heterocycles. The Bertz CT molecular complexity index is 1850. The Morgan fingerprint density at radius 1 is 0.836 bits per heavy atom. The van der Waals surface area contributed by atoms with E-state index in [1.165, 1.54) is 6.07 Å². The molecule has 6 rings (SSSR count). The van der Waals surface area contributed by atoms with Gasteiger partial charge in [0, 0.05) is 62.4 Å². The number of aliphatic carboxylic acids is 1. The maximum Gasteiger partial charge on any atom is 0.411 e. The Balaban J connectivity index is 1.06. The molecule has 2 atom stereocenters. The summed E-state index contributed by atoms with van der Waals surface area (Å²) >= 11 is 0. The topological polar surface area (TPSA) is 149 Å². The monoisotopic (exact) mass is 851 g/mol. The quantitative estimate of drug-likeness (QED) is 0.236. The van der Waals surface area contributed by atoms with Crippen molar-refractivity contribution in [2.75, 3.05) is 52.4 Å². The van der Waals surface area contributed by atoms with Crippen molar-refractivity contribution in [3.8, 4) is 0 Å². The number of likely N-dealkylation sites (tertiary alicyclic amines) is 3. The van der Waals surface area contributed by atoms with E-state index in [1.807, 2.05) is 28.0 Å². The third-order valence-corrected chi connectivity index (χ3v) is 12.5. The molecule has 3 aliphatic heterocycles. The molecular weight excluding hydrogens is 789 g/mol. The zero-order valence-corrected chi connectivity index (χ0v) is 35.9. The summed E-state index contributed by atoms with van der Waals surface area (Å²) < 4.78 is 40.3. The Labute approximate surface area is 358 Å². The van der Waals surface area contributed by atoms with Gasteiger partial charge in [-0.25, -0.2) is 13.6 Å². The van der Waals surface area contributed by atoms with Gasteiger partial charge in [0.05, 0.1) is 25.3 Å². The zero-order chi connectivity index (χ0) is 43.7. The van der Waals surface area contributed by atoms with Crippen molar-refractivity contribution >= 4 is 29.8 Å². The number of nitrogens with one attached hydrogen (secondary N) is 1. The molecule has 3 saturated heterocycles. The fourth-order valence-electron chi connectivity index (χ4n) is 9.19. The average molecular weight is 852 g/mol. The zero-order valence-electron chi connectivity index (χ0n) is 35.9. The molecule has 1 unspecified atom stereocenters. The van der Waals surface area contributed by atoms with E-state index in [4.69, 9.17) is 14.6 Å². The van der Waals surface area contributed by atoms with Crippen molar-refractivity contribution in [2.24, 2.45) is 5.92 Å². The summed E-state index contributed by atoms with van der Waals surface area (Å²) in [5, 5.41) is 12.3. The number of hydrogen-bond acceptors (Lipinski definition) is 8. The number of carbonyl (C=O) groups excluding carboxylic acids is 4. The van der Waals surface area contributed by atoms with E-state index in [2.05, 4.69) is 5.32 Å². The van der Waals surface area contributed by atoms with Crippen molar-refractivity contribution in [2.45, 2.75) is 128 Å². The summed E-state index contributed by atoms with van der Waals surface area (Å²) in [4.78, 5) is 73.0. The molecule has 13 nitrogen and oxygen atoms in total. The number of benzene rings is 2. The summed E-state index contributed by atoms with van der Waals surface area (Å²) in [6.07, 6.45) is 8.66. The largest absolute Gasteiger partial charge is 0.480 e. The van der Waals surface area contributed by atoms with Crippen LogP contribution in [0.2, 0.25) is 0 Å². The number of ether oxygens (including phenoxy) is 2. The third kappa shape index (κ3) is 13.2. The Hall–Kier alpha value is -4.63. The fourth-order valence-corrected chi connectivity index (χ4v) is 9.19. The molecular formula is C46H63F2N5O8. The van der Waals surface area contributed by atoms with Crippen LogP contribution in [-0.4, -0.2) is 131 Å². The minimum absolute atomic E-state index is 0.0337. The minimum atomic E-state index is -0.865. The molecule has 3 heterocycles. The van der Waals surface area contributed by atoms with Crippen LogP contribution in [-0.2, 0) is 30.4 Å². The predicted octanol–water partition coefficient (Wildman–Crippen LogP) is 6.34. The first kappa shape index (κ1) is 45.9. The summed E-state index contributed by atoms with van der Waals surface area (Å²) in [7, 11) is 0. The standard InChI is InChI=1S/C46H63F2N5O8/c1-46(2,3)61-45(59)53(28-35-14-15-36(47)26-39(35)48)29-40(54)52-20-8-13-34(27-52)32-11-7-12-33(25-32)43(57)49-42(31-9-5-4-6-10-31)44(58)51-23-18-38(19-24-51)60-37-16-21-50(22-17-37)30-41(55)56/h7,11-12,14-15,25-26,31,34,37-38,42H,4-6,8-10,13,16-24,27-30H2,1-3H3,(H,49,57)(H,55,56)/t34?,42-/m1/s1. The number of halogens is 2. The highest BCUT2D eigenvalue weighted by Gasteiger charge is 2.37. The molecule has 2 aromatic carbocycles. The molecule has 4 amide bonds. The predicted molar refractivity (Wildman–Crippen MR) is 224 cm³/mol. The number of piperidine rings is 3. The number of hydrogen-bond donors (Lipinski definition) is 2. The van der Waals surface area contributed by atoms with E-state index < -0.39 is 35.3 Å². The molecule has 334 valence electrons. The van der Waals surface area contributed by atoms with Gasteiger partial charge in [0.15, 0.2) is 0 Å². The lowest BCUT2D eigenvalue weighted by Crippen LogP contribution is -2.55. The van der Waals surface area contributed by atoms with Gasteiger partial charge in [-0.2, -0.15) is 0 Å². The number of carboxylic acids is 1. The number of amides is 4. The van der Waals surface area contributed by atoms with Gasteiger partial charge in [0.2, 0.25) is 11.8 Å². The van der Waals surface area contributed by atoms with Crippen molar-refractivity contribution in [3.05, 3.63) is 70.8 Å². The van der Waals surface area contributed by atoms with Gasteiger partial charge in [0.1, 0.15) is 29.8 Å². The van der Waals surface area contributed by atoms with E-state index in [9.17, 15) is 32.8 Å². The van der Waals surface area contributed by atoms with Crippen LogP contribution < -0.4 is 5.32 Å². The molecule has 0 radical (unpaired) electrons. The van der Waals surface area contributed by atoms with Crippen molar-refractivity contribution < 1.29 is 47.3 Å². The van der Waals surface area contributed by atoms with Crippen molar-refractivity contribution in [3.63, 3.8) is 0 Å². The Morgan fingerprint density at radius 2 is 1.52 bits per heavy atom. The molecule has 2 aromatic rings. The fraction of sp³-hybridized carbons (Fsp3) is 0.630. The van der Waals surface area contributed by atoms with Gasteiger partial charge >= 0.3 is 12.1 Å². The molecule has 1 saturated carbocycles. The number of nitrogens with zero attached hydrogens (tertiary/aromatic N) is 4. The number of carboxylic acid groups (broad SMARTS) is 1. The highest BCUT2D eigenvalue weighted by molar-refractivity contribution is 5.98. The van der Waals surface area contributed by atoms with E-state index in [0.29, 0.717) is 64.1 Å². The maximum absolute atomic E-state index is 14.7. The first-order valence-electron chi connectivity index (χ1n) is 22.1. The lowest BCUT2D eigenvalue weighted by atomic mass is 9.83. The molecule has 4 aliphatic rings. The molecule has 4 fully saturated rings. The van der Waals surface area contributed by atoms with Gasteiger partial charge in [-0.1, -0.05) is 37.5 Å². The van der Waals surface area contributed by atoms with Gasteiger partial charge < -0.3 is 29.7 Å². The van der Waals surface area contributed by atoms with E-state index >= 15 is 0 Å². The Morgan fingerprint density at radius 3 is 2.18 bits per heavy atom. The van der Waals surface area contributed by atoms with E-state index in [-0.39, 0.29) is 67.0 Å². The van der Waals surface area contributed by atoms with Crippen LogP contribution in [0.1, 0.15) is 119 Å². The molecule has 2 N–H and O–H groups in total. The van der Waals surface area contributed by atoms with Crippen molar-refractivity contribution in [1.29, 1.82) is 0 Å². The Kier molecular flexibility index (Phi) is 15.8. The lowest BCUT2D eigenvalue weighted by Gasteiger charge is -2.39. The van der Waals surface area contributed by atoms with Crippen LogP contribution in [0.4, 0.5) is 13.6 Å². The molecule has 15 heteroatoms. The molecule has 1 aliphatic carbocycles. The van der Waals surface area contributed by atoms with Crippen molar-refractivity contribution in [1.82, 2.24) is 24.9 Å². The normalized spacial score (nSPS) is 20.5. The van der Waals surface area contributed by atoms with Gasteiger partial charge in [-0.3, -0.25) is 29.0 Å². The highest BCUT2D eigenvalue weighted by Crippen LogP contribution is 2.31. The van der Waals surface area contributed by atoms with Gasteiger partial charge in [-0.15, -0.1) is 0 Å². The van der Waals surface area contributed by atoms with Crippen LogP contribution in [0.25, 0.3) is 0 Å². The molecule has 61 heavy (non-hydrogen) atoms. The molecule has 0 bridgehead atoms. The summed E-state index contributed by atoms with van der Waals surface area (Å²) in [5.41, 5.74) is 0.514. The smallest absolute Gasteiger partial charge is 0.411 e. The second kappa shape index (κ2) is 21.0. The van der Waals surface area contributed by atoms with Crippen LogP contribution in [0, 0.1) is 17.6 Å². The van der Waals surface area contributed by atoms with E-state index in [0.717, 1.165) is 74.0 Å². The number of rotatable bonds is 13. The minimum Gasteiger partial charge on any atom is -0.480 e. The van der Waals surface area contributed by atoms with Crippen LogP contribution >= 0.6 is 0 Å². The summed E-state index contributed by atoms with van der Waals surface area (Å²) in [5.74, 6) is -3.15.